The Kier molecular flexibility index (Phi) is 5.32. The molecule has 0 atom stereocenters. The molecule has 2 aromatic heterocycles. The van der Waals surface area contributed by atoms with Crippen LogP contribution >= 0.6 is 11.3 Å². The maximum absolute atomic E-state index is 13.0. The van der Waals surface area contributed by atoms with Gasteiger partial charge in [0.05, 0.1) is 5.52 Å². The molecule has 0 bridgehead atoms. The van der Waals surface area contributed by atoms with Crippen molar-refractivity contribution >= 4 is 33.3 Å². The number of carbonyl (C=O) groups is 1. The maximum atomic E-state index is 13.0. The zero-order valence-corrected chi connectivity index (χ0v) is 16.9. The van der Waals surface area contributed by atoms with E-state index in [9.17, 15) is 22.8 Å². The summed E-state index contributed by atoms with van der Waals surface area (Å²) < 4.78 is 39.7. The van der Waals surface area contributed by atoms with Crippen molar-refractivity contribution in [2.75, 3.05) is 5.32 Å². The van der Waals surface area contributed by atoms with Gasteiger partial charge >= 0.3 is 6.18 Å². The second-order valence-electron chi connectivity index (χ2n) is 6.84. The number of hydrogen-bond donors (Lipinski definition) is 1. The van der Waals surface area contributed by atoms with Crippen LogP contribution in [0, 0.1) is 6.92 Å². The Balaban J connectivity index is 1.71. The molecule has 0 spiro atoms. The van der Waals surface area contributed by atoms with Gasteiger partial charge in [-0.2, -0.15) is 13.2 Å². The van der Waals surface area contributed by atoms with Crippen molar-refractivity contribution in [2.45, 2.75) is 19.6 Å². The minimum absolute atomic E-state index is 0.170. The zero-order valence-electron chi connectivity index (χ0n) is 16.1. The number of fused-ring (bicyclic) bond motifs is 1. The Labute approximate surface area is 178 Å². The molecule has 0 radical (unpaired) electrons. The van der Waals surface area contributed by atoms with Gasteiger partial charge in [-0.05, 0) is 30.2 Å². The summed E-state index contributed by atoms with van der Waals surface area (Å²) in [5.74, 6) is -0.588. The van der Waals surface area contributed by atoms with E-state index in [2.05, 4.69) is 15.5 Å². The van der Waals surface area contributed by atoms with E-state index < -0.39 is 17.1 Å². The molecule has 2 heterocycles. The lowest BCUT2D eigenvalue weighted by atomic mass is 10.0. The number of nitrogens with zero attached hydrogens (tertiary/aromatic N) is 3. The molecule has 1 N–H and O–H groups in total. The van der Waals surface area contributed by atoms with Crippen LogP contribution in [0.3, 0.4) is 0 Å². The van der Waals surface area contributed by atoms with Gasteiger partial charge < -0.3 is 4.57 Å². The van der Waals surface area contributed by atoms with Crippen LogP contribution in [0.2, 0.25) is 0 Å². The SMILES string of the molecule is Cc1ccc2c(=O)c(-c3ccccc3)cn(CC(=O)Nc3nnc(C(F)(F)F)s3)c2c1. The molecule has 0 aliphatic rings. The Morgan fingerprint density at radius 2 is 1.87 bits per heavy atom. The normalized spacial score (nSPS) is 11.6. The van der Waals surface area contributed by atoms with Gasteiger partial charge in [0, 0.05) is 17.1 Å². The molecule has 0 saturated carbocycles. The van der Waals surface area contributed by atoms with Gasteiger partial charge in [-0.15, -0.1) is 10.2 Å². The molecule has 0 aliphatic carbocycles. The number of aromatic nitrogens is 3. The van der Waals surface area contributed by atoms with E-state index in [-0.39, 0.29) is 28.4 Å². The van der Waals surface area contributed by atoms with E-state index in [1.54, 1.807) is 47.2 Å². The molecule has 10 heteroatoms. The quantitative estimate of drug-likeness (QED) is 0.503. The van der Waals surface area contributed by atoms with Gasteiger partial charge in [0.15, 0.2) is 5.43 Å². The number of hydrogen-bond acceptors (Lipinski definition) is 5. The lowest BCUT2D eigenvalue weighted by Crippen LogP contribution is -2.21. The molecule has 4 aromatic rings. The topological polar surface area (TPSA) is 76.9 Å². The number of anilines is 1. The van der Waals surface area contributed by atoms with Crippen LogP contribution in [0.4, 0.5) is 18.3 Å². The summed E-state index contributed by atoms with van der Waals surface area (Å²) in [6.07, 6.45) is -3.04. The predicted octanol–water partition coefficient (Wildman–Crippen LogP) is 4.49. The van der Waals surface area contributed by atoms with Crippen molar-refractivity contribution in [2.24, 2.45) is 0 Å². The molecule has 0 aliphatic heterocycles. The Morgan fingerprint density at radius 1 is 1.13 bits per heavy atom. The van der Waals surface area contributed by atoms with E-state index in [0.29, 0.717) is 22.0 Å². The Morgan fingerprint density at radius 3 is 2.55 bits per heavy atom. The number of carbonyl (C=O) groups excluding carboxylic acids is 1. The number of alkyl halides is 3. The van der Waals surface area contributed by atoms with E-state index >= 15 is 0 Å². The summed E-state index contributed by atoms with van der Waals surface area (Å²) in [6.45, 7) is 1.64. The summed E-state index contributed by atoms with van der Waals surface area (Å²) in [5, 5.41) is 7.83. The minimum Gasteiger partial charge on any atom is -0.337 e. The highest BCUT2D eigenvalue weighted by Gasteiger charge is 2.35. The van der Waals surface area contributed by atoms with Crippen LogP contribution < -0.4 is 10.7 Å². The minimum atomic E-state index is -4.63. The van der Waals surface area contributed by atoms with Gasteiger partial charge in [-0.3, -0.25) is 14.9 Å². The van der Waals surface area contributed by atoms with Crippen LogP contribution in [0.1, 0.15) is 10.6 Å². The molecule has 0 fully saturated rings. The average Bonchev–Trinajstić information content (AvgIpc) is 3.19. The molecular formula is C21H15F3N4O2S. The van der Waals surface area contributed by atoms with E-state index in [4.69, 9.17) is 0 Å². The summed E-state index contributed by atoms with van der Waals surface area (Å²) >= 11 is 0.249. The maximum Gasteiger partial charge on any atom is 0.445 e. The van der Waals surface area contributed by atoms with Crippen LogP contribution in [0.15, 0.2) is 59.5 Å². The highest BCUT2D eigenvalue weighted by Crippen LogP contribution is 2.33. The van der Waals surface area contributed by atoms with Crippen molar-refractivity contribution in [3.8, 4) is 11.1 Å². The van der Waals surface area contributed by atoms with Gasteiger partial charge in [0.25, 0.3) is 0 Å². The van der Waals surface area contributed by atoms with Gasteiger partial charge in [-0.1, -0.05) is 47.7 Å². The van der Waals surface area contributed by atoms with E-state index in [1.807, 2.05) is 19.1 Å². The molecule has 6 nitrogen and oxygen atoms in total. The summed E-state index contributed by atoms with van der Waals surface area (Å²) in [4.78, 5) is 25.6. The van der Waals surface area contributed by atoms with Crippen LogP contribution in [0.5, 0.6) is 0 Å². The van der Waals surface area contributed by atoms with Gasteiger partial charge in [0.2, 0.25) is 16.0 Å². The highest BCUT2D eigenvalue weighted by atomic mass is 32.1. The van der Waals surface area contributed by atoms with Gasteiger partial charge in [-0.25, -0.2) is 0 Å². The van der Waals surface area contributed by atoms with Crippen LogP contribution in [-0.2, 0) is 17.5 Å². The van der Waals surface area contributed by atoms with E-state index in [1.165, 1.54) is 0 Å². The molecule has 31 heavy (non-hydrogen) atoms. The van der Waals surface area contributed by atoms with Crippen LogP contribution in [0.25, 0.3) is 22.0 Å². The largest absolute Gasteiger partial charge is 0.445 e. The molecule has 1 amide bonds. The first-order valence-electron chi connectivity index (χ1n) is 9.12. The highest BCUT2D eigenvalue weighted by molar-refractivity contribution is 7.15. The smallest absolute Gasteiger partial charge is 0.337 e. The molecule has 0 unspecified atom stereocenters. The molecule has 4 rings (SSSR count). The Bertz CT molecular complexity index is 1330. The summed E-state index contributed by atoms with van der Waals surface area (Å²) in [6, 6.07) is 14.3. The third kappa shape index (κ3) is 4.33. The number of aryl methyl sites for hydroxylation is 1. The van der Waals surface area contributed by atoms with E-state index in [0.717, 1.165) is 5.56 Å². The van der Waals surface area contributed by atoms with Crippen LogP contribution in [-0.4, -0.2) is 20.7 Å². The third-order valence-corrected chi connectivity index (χ3v) is 5.43. The predicted molar refractivity (Wildman–Crippen MR) is 112 cm³/mol. The summed E-state index contributed by atoms with van der Waals surface area (Å²) in [5.41, 5.74) is 2.39. The fourth-order valence-corrected chi connectivity index (χ4v) is 3.78. The number of pyridine rings is 1. The molecule has 158 valence electrons. The lowest BCUT2D eigenvalue weighted by molar-refractivity contribution is -0.138. The zero-order chi connectivity index (χ0) is 22.2. The second kappa shape index (κ2) is 7.95. The molecular weight excluding hydrogens is 429 g/mol. The van der Waals surface area contributed by atoms with Crippen molar-refractivity contribution in [3.63, 3.8) is 0 Å². The second-order valence-corrected chi connectivity index (χ2v) is 7.82. The fraction of sp³-hybridized carbons (Fsp3) is 0.143. The number of nitrogens with one attached hydrogen (secondary N) is 1. The fourth-order valence-electron chi connectivity index (χ4n) is 3.16. The number of rotatable bonds is 4. The van der Waals surface area contributed by atoms with Crippen molar-refractivity contribution < 1.29 is 18.0 Å². The van der Waals surface area contributed by atoms with Gasteiger partial charge in [0.1, 0.15) is 6.54 Å². The Hall–Kier alpha value is -3.53. The number of halogens is 3. The first-order chi connectivity index (χ1) is 14.7. The first kappa shape index (κ1) is 20.7. The van der Waals surface area contributed by atoms with Crippen molar-refractivity contribution in [1.29, 1.82) is 0 Å². The molecule has 2 aromatic carbocycles. The molecule has 0 saturated heterocycles. The lowest BCUT2D eigenvalue weighted by Gasteiger charge is -2.14. The van der Waals surface area contributed by atoms with Crippen molar-refractivity contribution in [3.05, 3.63) is 75.5 Å². The summed E-state index contributed by atoms with van der Waals surface area (Å²) in [7, 11) is 0. The standard InChI is InChI=1S/C21H15F3N4O2S/c1-12-7-8-14-16(9-12)28(10-15(18(14)30)13-5-3-2-4-6-13)11-17(29)25-20-27-26-19(31-20)21(22,23)24/h2-10H,11H2,1H3,(H,25,27,29). The average molecular weight is 444 g/mol. The monoisotopic (exact) mass is 444 g/mol. The first-order valence-corrected chi connectivity index (χ1v) is 9.94. The van der Waals surface area contributed by atoms with Crippen molar-refractivity contribution in [1.82, 2.24) is 14.8 Å². The number of benzene rings is 2. The number of amides is 1. The third-order valence-electron chi connectivity index (χ3n) is 4.55.